The van der Waals surface area contributed by atoms with Gasteiger partial charge in [-0.05, 0) is 50.2 Å². The minimum atomic E-state index is -0.459. The van der Waals surface area contributed by atoms with E-state index in [1.807, 2.05) is 0 Å². The fraction of sp³-hybridized carbons (Fsp3) is 0.105. The molecule has 0 saturated carbocycles. The van der Waals surface area contributed by atoms with Crippen LogP contribution in [0.15, 0.2) is 60.2 Å². The average Bonchev–Trinajstić information content (AvgIpc) is 2.55. The van der Waals surface area contributed by atoms with Gasteiger partial charge in [0.15, 0.2) is 5.78 Å². The molecule has 3 N–H and O–H groups in total. The lowest BCUT2D eigenvalue weighted by Gasteiger charge is -2.07. The first-order valence-electron chi connectivity index (χ1n) is 7.56. The second-order valence-electron chi connectivity index (χ2n) is 5.45. The largest absolute Gasteiger partial charge is 0.508 e. The van der Waals surface area contributed by atoms with Crippen molar-refractivity contribution in [2.24, 2.45) is 0 Å². The Hall–Kier alpha value is -3.41. The number of Topliss-reactive ketones (excluding diaryl/α,β-unsaturated/α-hetero) is 1. The predicted molar refractivity (Wildman–Crippen MR) is 95.6 cm³/mol. The molecular weight excluding hydrogens is 320 g/mol. The van der Waals surface area contributed by atoms with E-state index in [4.69, 9.17) is 0 Å². The summed E-state index contributed by atoms with van der Waals surface area (Å²) >= 11 is 0. The molecule has 0 aliphatic rings. The number of nitrogens with one attached hydrogen (secondary N) is 2. The van der Waals surface area contributed by atoms with E-state index in [0.29, 0.717) is 16.9 Å². The molecule has 25 heavy (non-hydrogen) atoms. The first-order chi connectivity index (χ1) is 11.8. The molecule has 0 radical (unpaired) electrons. The van der Waals surface area contributed by atoms with Crippen LogP contribution in [0.1, 0.15) is 24.2 Å². The van der Waals surface area contributed by atoms with Crippen LogP contribution in [0.5, 0.6) is 5.75 Å². The van der Waals surface area contributed by atoms with Crippen molar-refractivity contribution in [2.45, 2.75) is 13.8 Å². The summed E-state index contributed by atoms with van der Waals surface area (Å²) in [7, 11) is 0. The van der Waals surface area contributed by atoms with Crippen molar-refractivity contribution in [1.82, 2.24) is 0 Å². The number of phenolic OH excluding ortho intramolecular Hbond substituents is 1. The van der Waals surface area contributed by atoms with Gasteiger partial charge in [0.2, 0.25) is 5.91 Å². The molecule has 0 aromatic heterocycles. The molecule has 2 aromatic carbocycles. The average molecular weight is 338 g/mol. The van der Waals surface area contributed by atoms with Crippen LogP contribution in [0.3, 0.4) is 0 Å². The molecule has 0 heterocycles. The molecule has 0 fully saturated rings. The fourth-order valence-electron chi connectivity index (χ4n) is 2.04. The van der Waals surface area contributed by atoms with Crippen molar-refractivity contribution in [3.05, 3.63) is 65.7 Å². The standard InChI is InChI=1S/C19H18N2O4/c1-12(19(25)21-16-4-3-5-17(23)11-16)10-18(24)20-15-8-6-14(7-9-15)13(2)22/h3-11,23H,1-2H3,(H,20,24)(H,21,25)/b12-10-. The van der Waals surface area contributed by atoms with E-state index in [1.165, 1.54) is 32.1 Å². The molecular formula is C19H18N2O4. The Balaban J connectivity index is 1.99. The van der Waals surface area contributed by atoms with E-state index in [1.54, 1.807) is 36.4 Å². The first-order valence-corrected chi connectivity index (χ1v) is 7.56. The van der Waals surface area contributed by atoms with Gasteiger partial charge in [-0.3, -0.25) is 14.4 Å². The quantitative estimate of drug-likeness (QED) is 0.576. The summed E-state index contributed by atoms with van der Waals surface area (Å²) in [5, 5.41) is 14.6. The molecule has 0 bridgehead atoms. The molecule has 0 aliphatic carbocycles. The van der Waals surface area contributed by atoms with Gasteiger partial charge < -0.3 is 15.7 Å². The number of amides is 2. The molecule has 0 spiro atoms. The van der Waals surface area contributed by atoms with Crippen LogP contribution in [-0.4, -0.2) is 22.7 Å². The minimum Gasteiger partial charge on any atom is -0.508 e. The maximum absolute atomic E-state index is 12.1. The fourth-order valence-corrected chi connectivity index (χ4v) is 2.04. The Morgan fingerprint density at radius 1 is 0.920 bits per heavy atom. The maximum Gasteiger partial charge on any atom is 0.251 e. The predicted octanol–water partition coefficient (Wildman–Crippen LogP) is 3.12. The van der Waals surface area contributed by atoms with Gasteiger partial charge in [-0.15, -0.1) is 0 Å². The van der Waals surface area contributed by atoms with E-state index in [9.17, 15) is 19.5 Å². The van der Waals surface area contributed by atoms with Gasteiger partial charge in [-0.2, -0.15) is 0 Å². The summed E-state index contributed by atoms with van der Waals surface area (Å²) in [6.45, 7) is 2.97. The van der Waals surface area contributed by atoms with Crippen molar-refractivity contribution in [2.75, 3.05) is 10.6 Å². The van der Waals surface area contributed by atoms with Crippen LogP contribution in [0.25, 0.3) is 0 Å². The van der Waals surface area contributed by atoms with Gasteiger partial charge in [0, 0.05) is 34.7 Å². The topological polar surface area (TPSA) is 95.5 Å². The number of rotatable bonds is 5. The zero-order valence-corrected chi connectivity index (χ0v) is 13.9. The van der Waals surface area contributed by atoms with Gasteiger partial charge in [-0.25, -0.2) is 0 Å². The van der Waals surface area contributed by atoms with Crippen LogP contribution in [0, 0.1) is 0 Å². The number of hydrogen-bond donors (Lipinski definition) is 3. The SMILES string of the molecule is CC(=O)c1ccc(NC(=O)/C=C(/C)C(=O)Nc2cccc(O)c2)cc1. The van der Waals surface area contributed by atoms with E-state index in [0.717, 1.165) is 0 Å². The third-order valence-corrected chi connectivity index (χ3v) is 3.37. The molecule has 2 aromatic rings. The summed E-state index contributed by atoms with van der Waals surface area (Å²) in [6.07, 6.45) is 1.18. The lowest BCUT2D eigenvalue weighted by Crippen LogP contribution is -2.16. The zero-order valence-electron chi connectivity index (χ0n) is 13.9. The molecule has 128 valence electrons. The van der Waals surface area contributed by atoms with Gasteiger partial charge in [-0.1, -0.05) is 6.07 Å². The summed E-state index contributed by atoms with van der Waals surface area (Å²) < 4.78 is 0. The lowest BCUT2D eigenvalue weighted by atomic mass is 10.1. The monoisotopic (exact) mass is 338 g/mol. The van der Waals surface area contributed by atoms with Gasteiger partial charge in [0.25, 0.3) is 5.91 Å². The number of hydrogen-bond acceptors (Lipinski definition) is 4. The number of carbonyl (C=O) groups excluding carboxylic acids is 3. The highest BCUT2D eigenvalue weighted by atomic mass is 16.3. The van der Waals surface area contributed by atoms with Crippen molar-refractivity contribution in [1.29, 1.82) is 0 Å². The van der Waals surface area contributed by atoms with Crippen LogP contribution < -0.4 is 10.6 Å². The van der Waals surface area contributed by atoms with Crippen LogP contribution in [-0.2, 0) is 9.59 Å². The van der Waals surface area contributed by atoms with Crippen LogP contribution >= 0.6 is 0 Å². The van der Waals surface area contributed by atoms with Crippen LogP contribution in [0.4, 0.5) is 11.4 Å². The zero-order chi connectivity index (χ0) is 18.4. The molecule has 0 atom stereocenters. The second kappa shape index (κ2) is 7.92. The van der Waals surface area contributed by atoms with E-state index in [-0.39, 0.29) is 17.1 Å². The highest BCUT2D eigenvalue weighted by Gasteiger charge is 2.08. The van der Waals surface area contributed by atoms with Crippen molar-refractivity contribution >= 4 is 29.0 Å². The molecule has 6 nitrogen and oxygen atoms in total. The van der Waals surface area contributed by atoms with Crippen LogP contribution in [0.2, 0.25) is 0 Å². The minimum absolute atomic E-state index is 0.0335. The molecule has 6 heteroatoms. The molecule has 0 saturated heterocycles. The highest BCUT2D eigenvalue weighted by Crippen LogP contribution is 2.16. The Morgan fingerprint density at radius 3 is 2.20 bits per heavy atom. The maximum atomic E-state index is 12.1. The smallest absolute Gasteiger partial charge is 0.251 e. The first kappa shape index (κ1) is 17.9. The normalized spacial score (nSPS) is 10.9. The van der Waals surface area contributed by atoms with E-state index in [2.05, 4.69) is 10.6 Å². The Morgan fingerprint density at radius 2 is 1.60 bits per heavy atom. The Bertz CT molecular complexity index is 839. The summed E-state index contributed by atoms with van der Waals surface area (Å²) in [5.74, 6) is -0.935. The van der Waals surface area contributed by atoms with Gasteiger partial charge in [0.05, 0.1) is 0 Å². The second-order valence-corrected chi connectivity index (χ2v) is 5.45. The number of carbonyl (C=O) groups is 3. The third kappa shape index (κ3) is 5.31. The van der Waals surface area contributed by atoms with E-state index >= 15 is 0 Å². The van der Waals surface area contributed by atoms with Crippen molar-refractivity contribution in [3.63, 3.8) is 0 Å². The summed E-state index contributed by atoms with van der Waals surface area (Å²) in [5.41, 5.74) is 1.71. The molecule has 2 rings (SSSR count). The summed E-state index contributed by atoms with van der Waals surface area (Å²) in [4.78, 5) is 35.2. The Labute approximate surface area is 145 Å². The molecule has 2 amide bonds. The highest BCUT2D eigenvalue weighted by molar-refractivity contribution is 6.10. The number of aromatic hydroxyl groups is 1. The molecule has 0 unspecified atom stereocenters. The Kier molecular flexibility index (Phi) is 5.68. The number of phenols is 1. The summed E-state index contributed by atoms with van der Waals surface area (Å²) in [6, 6.07) is 12.6. The van der Waals surface area contributed by atoms with Gasteiger partial charge in [0.1, 0.15) is 5.75 Å². The van der Waals surface area contributed by atoms with Crippen molar-refractivity contribution in [3.8, 4) is 5.75 Å². The lowest BCUT2D eigenvalue weighted by molar-refractivity contribution is -0.114. The van der Waals surface area contributed by atoms with Gasteiger partial charge >= 0.3 is 0 Å². The number of anilines is 2. The molecule has 0 aliphatic heterocycles. The number of benzene rings is 2. The number of ketones is 1. The van der Waals surface area contributed by atoms with E-state index < -0.39 is 11.8 Å². The van der Waals surface area contributed by atoms with Crippen molar-refractivity contribution < 1.29 is 19.5 Å². The third-order valence-electron chi connectivity index (χ3n) is 3.37.